The molecule has 2 heterocycles. The van der Waals surface area contributed by atoms with Crippen molar-refractivity contribution in [2.45, 2.75) is 50.9 Å². The highest BCUT2D eigenvalue weighted by Crippen LogP contribution is 2.57. The number of fused-ring (bicyclic) bond motifs is 2. The summed E-state index contributed by atoms with van der Waals surface area (Å²) >= 11 is 0. The normalized spacial score (nSPS) is 22.1. The van der Waals surface area contributed by atoms with Crippen molar-refractivity contribution in [1.29, 1.82) is 0 Å². The molecule has 0 bridgehead atoms. The van der Waals surface area contributed by atoms with Crippen molar-refractivity contribution in [1.82, 2.24) is 4.31 Å². The van der Waals surface area contributed by atoms with E-state index in [1.54, 1.807) is 16.1 Å². The SMILES string of the molecule is CCOC(=O)/C=C1\C[C@]2(C(=O)N(Cc3ccccc3)c3ccccc32)N1S(=O)C(C)(C)C. The largest absolute Gasteiger partial charge is 0.463 e. The molecule has 1 spiro atoms. The Hall–Kier alpha value is -2.93. The van der Waals surface area contributed by atoms with Crippen LogP contribution in [-0.2, 0) is 37.4 Å². The van der Waals surface area contributed by atoms with Crippen molar-refractivity contribution >= 4 is 28.5 Å². The summed E-state index contributed by atoms with van der Waals surface area (Å²) in [6.45, 7) is 8.01. The number of nitrogens with zero attached hydrogens (tertiary/aromatic N) is 2. The summed E-state index contributed by atoms with van der Waals surface area (Å²) in [6.07, 6.45) is 1.67. The first-order valence-corrected chi connectivity index (χ1v) is 11.9. The van der Waals surface area contributed by atoms with Crippen LogP contribution in [0.1, 0.15) is 45.2 Å². The van der Waals surface area contributed by atoms with Gasteiger partial charge in [0.1, 0.15) is 11.0 Å². The number of benzene rings is 2. The molecule has 0 aliphatic carbocycles. The fourth-order valence-corrected chi connectivity index (χ4v) is 5.71. The van der Waals surface area contributed by atoms with E-state index in [0.717, 1.165) is 16.8 Å². The second-order valence-corrected chi connectivity index (χ2v) is 11.1. The van der Waals surface area contributed by atoms with E-state index in [2.05, 4.69) is 0 Å². The molecule has 2 aromatic rings. The van der Waals surface area contributed by atoms with Crippen LogP contribution in [-0.4, -0.2) is 31.7 Å². The lowest BCUT2D eigenvalue weighted by Crippen LogP contribution is -2.63. The minimum atomic E-state index is -1.55. The zero-order valence-electron chi connectivity index (χ0n) is 18.8. The molecule has 1 unspecified atom stereocenters. The number of amides is 1. The quantitative estimate of drug-likeness (QED) is 0.507. The van der Waals surface area contributed by atoms with E-state index in [-0.39, 0.29) is 12.5 Å². The molecule has 1 amide bonds. The van der Waals surface area contributed by atoms with Gasteiger partial charge in [0.2, 0.25) is 0 Å². The van der Waals surface area contributed by atoms with E-state index in [0.29, 0.717) is 18.7 Å². The Bertz CT molecular complexity index is 1110. The molecule has 0 aromatic heterocycles. The highest BCUT2D eigenvalue weighted by Gasteiger charge is 2.64. The molecule has 1 fully saturated rings. The van der Waals surface area contributed by atoms with Crippen LogP contribution < -0.4 is 4.90 Å². The minimum absolute atomic E-state index is 0.124. The lowest BCUT2D eigenvalue weighted by atomic mass is 9.79. The molecule has 0 N–H and O–H groups in total. The first-order valence-electron chi connectivity index (χ1n) is 10.7. The maximum atomic E-state index is 14.0. The van der Waals surface area contributed by atoms with Crippen LogP contribution in [0.25, 0.3) is 0 Å². The van der Waals surface area contributed by atoms with E-state index in [9.17, 15) is 13.8 Å². The van der Waals surface area contributed by atoms with Crippen LogP contribution in [0.3, 0.4) is 0 Å². The van der Waals surface area contributed by atoms with Gasteiger partial charge in [-0.1, -0.05) is 48.5 Å². The Balaban J connectivity index is 1.80. The molecular weight excluding hydrogens is 424 g/mol. The zero-order valence-corrected chi connectivity index (χ0v) is 19.6. The van der Waals surface area contributed by atoms with E-state index in [1.807, 2.05) is 75.4 Å². The third-order valence-electron chi connectivity index (χ3n) is 5.73. The second kappa shape index (κ2) is 8.20. The number of carbonyl (C=O) groups excluding carboxylic acids is 2. The highest BCUT2D eigenvalue weighted by molar-refractivity contribution is 7.84. The van der Waals surface area contributed by atoms with Gasteiger partial charge in [0, 0.05) is 23.8 Å². The van der Waals surface area contributed by atoms with Crippen LogP contribution in [0, 0.1) is 0 Å². The Morgan fingerprint density at radius 3 is 2.44 bits per heavy atom. The zero-order chi connectivity index (χ0) is 23.1. The van der Waals surface area contributed by atoms with Crippen LogP contribution in [0.5, 0.6) is 0 Å². The Kier molecular flexibility index (Phi) is 5.71. The maximum Gasteiger partial charge on any atom is 0.332 e. The topological polar surface area (TPSA) is 66.9 Å². The number of carbonyl (C=O) groups is 2. The summed E-state index contributed by atoms with van der Waals surface area (Å²) in [4.78, 5) is 27.9. The molecule has 0 saturated carbocycles. The monoisotopic (exact) mass is 452 g/mol. The third-order valence-corrected chi connectivity index (χ3v) is 7.65. The highest BCUT2D eigenvalue weighted by atomic mass is 32.2. The molecule has 168 valence electrons. The standard InChI is InChI=1S/C25H28N2O4S/c1-5-31-22(28)15-19-16-25(27(19)32(30)24(2,3)4)20-13-9-10-14-21(20)26(23(25)29)17-18-11-7-6-8-12-18/h6-15H,5,16-17H2,1-4H3/b19-15+/t25-,32?/m0/s1. The van der Waals surface area contributed by atoms with Crippen molar-refractivity contribution in [3.63, 3.8) is 0 Å². The van der Waals surface area contributed by atoms with Gasteiger partial charge in [-0.2, -0.15) is 0 Å². The van der Waals surface area contributed by atoms with Gasteiger partial charge < -0.3 is 9.64 Å². The molecule has 7 heteroatoms. The van der Waals surface area contributed by atoms with Crippen molar-refractivity contribution in [3.05, 3.63) is 77.5 Å². The van der Waals surface area contributed by atoms with Crippen LogP contribution in [0.15, 0.2) is 66.4 Å². The predicted molar refractivity (Wildman–Crippen MR) is 125 cm³/mol. The Morgan fingerprint density at radius 1 is 1.12 bits per heavy atom. The van der Waals surface area contributed by atoms with E-state index >= 15 is 0 Å². The molecule has 32 heavy (non-hydrogen) atoms. The molecular formula is C25H28N2O4S. The van der Waals surface area contributed by atoms with Crippen molar-refractivity contribution < 1.29 is 18.5 Å². The number of hydrogen-bond acceptors (Lipinski definition) is 4. The Labute approximate surface area is 191 Å². The number of anilines is 1. The predicted octanol–water partition coefficient (Wildman–Crippen LogP) is 4.04. The van der Waals surface area contributed by atoms with Crippen LogP contribution in [0.4, 0.5) is 5.69 Å². The average molecular weight is 453 g/mol. The third kappa shape index (κ3) is 3.54. The summed E-state index contributed by atoms with van der Waals surface area (Å²) in [6, 6.07) is 17.5. The molecule has 2 atom stereocenters. The molecule has 1 saturated heterocycles. The second-order valence-electron chi connectivity index (χ2n) is 8.97. The first kappa shape index (κ1) is 22.3. The number of hydrogen-bond donors (Lipinski definition) is 0. The molecule has 4 rings (SSSR count). The van der Waals surface area contributed by atoms with Crippen molar-refractivity contribution in [3.8, 4) is 0 Å². The van der Waals surface area contributed by atoms with Gasteiger partial charge in [-0.15, -0.1) is 0 Å². The average Bonchev–Trinajstić information content (AvgIpc) is 2.98. The van der Waals surface area contributed by atoms with Gasteiger partial charge in [-0.3, -0.25) is 9.10 Å². The molecule has 2 aliphatic heterocycles. The van der Waals surface area contributed by atoms with Crippen LogP contribution in [0.2, 0.25) is 0 Å². The van der Waals surface area contributed by atoms with E-state index in [4.69, 9.17) is 4.74 Å². The number of ether oxygens (including phenoxy) is 1. The fourth-order valence-electron chi connectivity index (χ4n) is 4.31. The molecule has 6 nitrogen and oxygen atoms in total. The lowest BCUT2D eigenvalue weighted by molar-refractivity contribution is -0.138. The molecule has 2 aromatic carbocycles. The summed E-state index contributed by atoms with van der Waals surface area (Å²) < 4.78 is 19.7. The lowest BCUT2D eigenvalue weighted by Gasteiger charge is -2.52. The smallest absolute Gasteiger partial charge is 0.332 e. The van der Waals surface area contributed by atoms with Crippen LogP contribution >= 0.6 is 0 Å². The summed E-state index contributed by atoms with van der Waals surface area (Å²) in [5, 5.41) is 0. The summed E-state index contributed by atoms with van der Waals surface area (Å²) in [5.41, 5.74) is 2.10. The summed E-state index contributed by atoms with van der Waals surface area (Å²) in [5.74, 6) is -0.616. The maximum absolute atomic E-state index is 14.0. The van der Waals surface area contributed by atoms with Gasteiger partial charge >= 0.3 is 5.97 Å². The van der Waals surface area contributed by atoms with Gasteiger partial charge in [0.15, 0.2) is 5.54 Å². The van der Waals surface area contributed by atoms with Gasteiger partial charge in [0.25, 0.3) is 5.91 Å². The molecule has 0 radical (unpaired) electrons. The minimum Gasteiger partial charge on any atom is -0.463 e. The van der Waals surface area contributed by atoms with Crippen molar-refractivity contribution in [2.75, 3.05) is 11.5 Å². The van der Waals surface area contributed by atoms with Crippen molar-refractivity contribution in [2.24, 2.45) is 0 Å². The van der Waals surface area contributed by atoms with Gasteiger partial charge in [-0.05, 0) is 39.3 Å². The number of para-hydroxylation sites is 1. The molecule has 2 aliphatic rings. The fraction of sp³-hybridized carbons (Fsp3) is 0.360. The van der Waals surface area contributed by atoms with E-state index < -0.39 is 27.2 Å². The summed E-state index contributed by atoms with van der Waals surface area (Å²) in [7, 11) is -1.55. The first-order chi connectivity index (χ1) is 15.2. The number of esters is 1. The van der Waals surface area contributed by atoms with Gasteiger partial charge in [0.05, 0.1) is 23.6 Å². The number of rotatable bonds is 5. The van der Waals surface area contributed by atoms with E-state index in [1.165, 1.54) is 6.08 Å². The van der Waals surface area contributed by atoms with Gasteiger partial charge in [-0.25, -0.2) is 9.00 Å². The Morgan fingerprint density at radius 2 is 1.78 bits per heavy atom.